The van der Waals surface area contributed by atoms with E-state index in [1.807, 2.05) is 0 Å². The van der Waals surface area contributed by atoms with Crippen molar-refractivity contribution in [2.75, 3.05) is 0 Å². The van der Waals surface area contributed by atoms with Crippen LogP contribution in [0.25, 0.3) is 21.6 Å². The average molecular weight is 526 g/mol. The Balaban J connectivity index is 1.59. The van der Waals surface area contributed by atoms with Crippen LogP contribution >= 0.6 is 57.7 Å². The van der Waals surface area contributed by atoms with Crippen molar-refractivity contribution in [3.05, 3.63) is 76.8 Å². The highest BCUT2D eigenvalue weighted by atomic mass is 35.5. The third-order valence-electron chi connectivity index (χ3n) is 5.48. The van der Waals surface area contributed by atoms with Crippen LogP contribution in [0.5, 0.6) is 5.75 Å². The van der Waals surface area contributed by atoms with E-state index in [0.29, 0.717) is 42.6 Å². The van der Waals surface area contributed by atoms with E-state index in [0.717, 1.165) is 41.6 Å². The molecule has 0 radical (unpaired) electrons. The summed E-state index contributed by atoms with van der Waals surface area (Å²) in [7, 11) is 0. The van der Waals surface area contributed by atoms with Gasteiger partial charge in [0.1, 0.15) is 23.0 Å². The summed E-state index contributed by atoms with van der Waals surface area (Å²) >= 11 is 26.6. The van der Waals surface area contributed by atoms with Gasteiger partial charge in [0.15, 0.2) is 0 Å². The minimum absolute atomic E-state index is 0.157. The second-order valence-electron chi connectivity index (χ2n) is 7.59. The summed E-state index contributed by atoms with van der Waals surface area (Å²) in [6.45, 7) is 0.157. The minimum atomic E-state index is -0.160. The molecule has 0 unspecified atom stereocenters. The first-order valence-electron chi connectivity index (χ1n) is 10.0. The van der Waals surface area contributed by atoms with E-state index in [1.165, 1.54) is 4.88 Å². The van der Waals surface area contributed by atoms with Crippen molar-refractivity contribution >= 4 is 68.0 Å². The maximum atomic E-state index is 13.0. The molecule has 32 heavy (non-hydrogen) atoms. The molecular formula is C23H16Cl4N2O2S. The Morgan fingerprint density at radius 1 is 1.00 bits per heavy atom. The van der Waals surface area contributed by atoms with Crippen molar-refractivity contribution in [1.29, 1.82) is 0 Å². The molecule has 4 nitrogen and oxygen atoms in total. The predicted molar refractivity (Wildman–Crippen MR) is 133 cm³/mol. The van der Waals surface area contributed by atoms with Gasteiger partial charge in [-0.2, -0.15) is 0 Å². The Hall–Kier alpha value is -1.76. The lowest BCUT2D eigenvalue weighted by Gasteiger charge is -2.14. The molecule has 0 fully saturated rings. The maximum Gasteiger partial charge on any atom is 0.260 e. The molecule has 0 amide bonds. The van der Waals surface area contributed by atoms with E-state index in [9.17, 15) is 4.79 Å². The first-order valence-corrected chi connectivity index (χ1v) is 12.3. The predicted octanol–water partition coefficient (Wildman–Crippen LogP) is 7.72. The Bertz CT molecular complexity index is 1410. The largest absolute Gasteiger partial charge is 0.487 e. The van der Waals surface area contributed by atoms with Gasteiger partial charge in [0.25, 0.3) is 5.56 Å². The Morgan fingerprint density at radius 2 is 1.78 bits per heavy atom. The molecule has 2 heterocycles. The topological polar surface area (TPSA) is 55.0 Å². The van der Waals surface area contributed by atoms with E-state index in [1.54, 1.807) is 41.7 Å². The van der Waals surface area contributed by atoms with Crippen LogP contribution in [-0.4, -0.2) is 9.97 Å². The molecule has 5 rings (SSSR count). The summed E-state index contributed by atoms with van der Waals surface area (Å²) in [4.78, 5) is 22.7. The van der Waals surface area contributed by atoms with Gasteiger partial charge in [0, 0.05) is 25.5 Å². The number of hydrogen-bond donors (Lipinski definition) is 1. The highest BCUT2D eigenvalue weighted by Crippen LogP contribution is 2.40. The van der Waals surface area contributed by atoms with Gasteiger partial charge in [0.2, 0.25) is 0 Å². The van der Waals surface area contributed by atoms with E-state index in [-0.39, 0.29) is 12.2 Å². The van der Waals surface area contributed by atoms with Crippen LogP contribution in [0.4, 0.5) is 0 Å². The lowest BCUT2D eigenvalue weighted by molar-refractivity contribution is 0.307. The van der Waals surface area contributed by atoms with Gasteiger partial charge in [-0.25, -0.2) is 4.98 Å². The SMILES string of the molecule is O=c1[nH]c(-c2cc(Cl)cc(Cl)c2OCc2ccc(Cl)cc2Cl)nc2sc3c(c12)CCCC3. The second kappa shape index (κ2) is 8.88. The quantitative estimate of drug-likeness (QED) is 0.296. The van der Waals surface area contributed by atoms with E-state index >= 15 is 0 Å². The Labute approximate surface area is 208 Å². The number of benzene rings is 2. The summed E-state index contributed by atoms with van der Waals surface area (Å²) in [6, 6.07) is 8.45. The zero-order valence-electron chi connectivity index (χ0n) is 16.6. The first kappa shape index (κ1) is 22.1. The van der Waals surface area contributed by atoms with Crippen LogP contribution in [0.3, 0.4) is 0 Å². The van der Waals surface area contributed by atoms with Crippen LogP contribution in [0.1, 0.15) is 28.8 Å². The van der Waals surface area contributed by atoms with E-state index in [2.05, 4.69) is 4.98 Å². The third-order valence-corrected chi connectivity index (χ3v) is 7.75. The molecule has 0 bridgehead atoms. The maximum absolute atomic E-state index is 13.0. The molecule has 4 aromatic rings. The number of H-pyrrole nitrogens is 1. The van der Waals surface area contributed by atoms with Crippen molar-refractivity contribution < 1.29 is 4.74 Å². The summed E-state index contributed by atoms with van der Waals surface area (Å²) in [5.41, 5.74) is 2.23. The lowest BCUT2D eigenvalue weighted by atomic mass is 9.97. The number of nitrogens with zero attached hydrogens (tertiary/aromatic N) is 1. The molecule has 2 aromatic heterocycles. The molecule has 9 heteroatoms. The summed E-state index contributed by atoms with van der Waals surface area (Å²) in [5, 5.41) is 2.44. The van der Waals surface area contributed by atoms with Crippen molar-refractivity contribution in [2.24, 2.45) is 0 Å². The van der Waals surface area contributed by atoms with Gasteiger partial charge in [0.05, 0.1) is 16.0 Å². The van der Waals surface area contributed by atoms with Gasteiger partial charge in [-0.1, -0.05) is 52.5 Å². The fourth-order valence-electron chi connectivity index (χ4n) is 3.96. The zero-order valence-corrected chi connectivity index (χ0v) is 20.4. The summed E-state index contributed by atoms with van der Waals surface area (Å²) in [5.74, 6) is 0.730. The first-order chi connectivity index (χ1) is 15.4. The second-order valence-corrected chi connectivity index (χ2v) is 10.4. The normalized spacial score (nSPS) is 13.4. The number of nitrogens with one attached hydrogen (secondary N) is 1. The van der Waals surface area contributed by atoms with Gasteiger partial charge in [-0.15, -0.1) is 11.3 Å². The molecular weight excluding hydrogens is 510 g/mol. The number of aryl methyl sites for hydroxylation is 2. The number of halogens is 4. The number of hydrogen-bond acceptors (Lipinski definition) is 4. The van der Waals surface area contributed by atoms with Crippen LogP contribution in [-0.2, 0) is 19.4 Å². The fraction of sp³-hybridized carbons (Fsp3) is 0.217. The molecule has 164 valence electrons. The summed E-state index contributed by atoms with van der Waals surface area (Å²) in [6.07, 6.45) is 4.14. The van der Waals surface area contributed by atoms with Crippen LogP contribution in [0, 0.1) is 0 Å². The molecule has 0 saturated heterocycles. The smallest absolute Gasteiger partial charge is 0.260 e. The van der Waals surface area contributed by atoms with Crippen molar-refractivity contribution in [3.63, 3.8) is 0 Å². The Morgan fingerprint density at radius 3 is 2.59 bits per heavy atom. The van der Waals surface area contributed by atoms with Crippen molar-refractivity contribution in [2.45, 2.75) is 32.3 Å². The average Bonchev–Trinajstić information content (AvgIpc) is 3.12. The number of aromatic nitrogens is 2. The molecule has 0 aliphatic heterocycles. The van der Waals surface area contributed by atoms with Gasteiger partial charge < -0.3 is 9.72 Å². The number of rotatable bonds is 4. The van der Waals surface area contributed by atoms with Gasteiger partial charge >= 0.3 is 0 Å². The standard InChI is InChI=1S/C23H16Cl4N2O2S/c24-12-6-5-11(16(26)8-12)10-31-20-15(7-13(25)9-17(20)27)21-28-22(30)19-14-3-1-2-4-18(14)32-23(19)29-21/h5-9H,1-4,10H2,(H,28,29,30). The van der Waals surface area contributed by atoms with Crippen LogP contribution in [0.2, 0.25) is 20.1 Å². The Kier molecular flexibility index (Phi) is 6.12. The molecule has 1 aliphatic carbocycles. The number of thiophene rings is 1. The van der Waals surface area contributed by atoms with E-state index < -0.39 is 0 Å². The van der Waals surface area contributed by atoms with Crippen LogP contribution < -0.4 is 10.3 Å². The fourth-order valence-corrected chi connectivity index (χ4v) is 6.24. The molecule has 0 spiro atoms. The van der Waals surface area contributed by atoms with Crippen molar-refractivity contribution in [1.82, 2.24) is 9.97 Å². The molecule has 1 aliphatic rings. The zero-order chi connectivity index (χ0) is 22.4. The highest BCUT2D eigenvalue weighted by molar-refractivity contribution is 7.18. The lowest BCUT2D eigenvalue weighted by Crippen LogP contribution is -2.11. The molecule has 2 aromatic carbocycles. The molecule has 1 N–H and O–H groups in total. The van der Waals surface area contributed by atoms with Crippen molar-refractivity contribution in [3.8, 4) is 17.1 Å². The number of aromatic amines is 1. The number of fused-ring (bicyclic) bond motifs is 3. The van der Waals surface area contributed by atoms with E-state index in [4.69, 9.17) is 56.1 Å². The van der Waals surface area contributed by atoms with Gasteiger partial charge in [-0.05, 0) is 55.5 Å². The van der Waals surface area contributed by atoms with Gasteiger partial charge in [-0.3, -0.25) is 4.79 Å². The molecule has 0 saturated carbocycles. The summed E-state index contributed by atoms with van der Waals surface area (Å²) < 4.78 is 6.04. The third kappa shape index (κ3) is 4.13. The van der Waals surface area contributed by atoms with Crippen LogP contribution in [0.15, 0.2) is 35.1 Å². The number of ether oxygens (including phenoxy) is 1. The molecule has 0 atom stereocenters. The minimum Gasteiger partial charge on any atom is -0.487 e. The monoisotopic (exact) mass is 524 g/mol. The highest BCUT2D eigenvalue weighted by Gasteiger charge is 2.22.